The number of benzene rings is 1. The van der Waals surface area contributed by atoms with Crippen molar-refractivity contribution < 1.29 is 9.53 Å². The third-order valence-corrected chi connectivity index (χ3v) is 3.53. The molecule has 2 rings (SSSR count). The highest BCUT2D eigenvalue weighted by Gasteiger charge is 2.25. The molecule has 1 aromatic carbocycles. The van der Waals surface area contributed by atoms with Crippen LogP contribution in [0.25, 0.3) is 0 Å². The quantitative estimate of drug-likeness (QED) is 0.799. The smallest absolute Gasteiger partial charge is 0.253 e. The summed E-state index contributed by atoms with van der Waals surface area (Å²) in [6.07, 6.45) is 2.58. The fraction of sp³-hybridized carbons (Fsp3) is 0.533. The third-order valence-electron chi connectivity index (χ3n) is 3.53. The molecule has 0 radical (unpaired) electrons. The number of anilines is 1. The molecule has 1 aromatic rings. The van der Waals surface area contributed by atoms with E-state index >= 15 is 0 Å². The average Bonchev–Trinajstić information content (AvgIpc) is 3.23. The van der Waals surface area contributed by atoms with Crippen molar-refractivity contribution in [2.45, 2.75) is 18.9 Å². The number of nitrogens with two attached hydrogens (primary N) is 1. The second kappa shape index (κ2) is 6.13. The van der Waals surface area contributed by atoms with Gasteiger partial charge in [0.2, 0.25) is 0 Å². The van der Waals surface area contributed by atoms with Crippen LogP contribution >= 0.6 is 0 Å². The Morgan fingerprint density at radius 3 is 2.60 bits per heavy atom. The molecule has 0 heterocycles. The Labute approximate surface area is 120 Å². The van der Waals surface area contributed by atoms with Gasteiger partial charge in [-0.25, -0.2) is 0 Å². The van der Waals surface area contributed by atoms with E-state index in [9.17, 15) is 4.79 Å². The second-order valence-electron chi connectivity index (χ2n) is 5.51. The highest BCUT2D eigenvalue weighted by Crippen LogP contribution is 2.26. The van der Waals surface area contributed by atoms with Gasteiger partial charge < -0.3 is 20.3 Å². The summed E-state index contributed by atoms with van der Waals surface area (Å²) < 4.78 is 5.69. The maximum absolute atomic E-state index is 11.8. The van der Waals surface area contributed by atoms with Crippen LogP contribution in [0.3, 0.4) is 0 Å². The molecule has 5 nitrogen and oxygen atoms in total. The van der Waals surface area contributed by atoms with Crippen LogP contribution in [0.1, 0.15) is 23.2 Å². The van der Waals surface area contributed by atoms with Crippen LogP contribution < -0.4 is 10.5 Å². The zero-order chi connectivity index (χ0) is 14.7. The Kier molecular flexibility index (Phi) is 4.49. The Morgan fingerprint density at radius 1 is 1.35 bits per heavy atom. The number of nitrogen functional groups attached to an aromatic ring is 1. The standard InChI is InChI=1S/C15H23N3O2/c1-17(2)15(19)11-4-7-14(13(16)10-11)20-9-8-18(3)12-5-6-12/h4,7,10,12H,5-6,8-9,16H2,1-3H3. The van der Waals surface area contributed by atoms with Gasteiger partial charge >= 0.3 is 0 Å². The van der Waals surface area contributed by atoms with Crippen LogP contribution in [0.4, 0.5) is 5.69 Å². The molecule has 110 valence electrons. The first kappa shape index (κ1) is 14.7. The number of rotatable bonds is 6. The van der Waals surface area contributed by atoms with Crippen LogP contribution in [0.5, 0.6) is 5.75 Å². The highest BCUT2D eigenvalue weighted by molar-refractivity contribution is 5.95. The largest absolute Gasteiger partial charge is 0.490 e. The summed E-state index contributed by atoms with van der Waals surface area (Å²) >= 11 is 0. The monoisotopic (exact) mass is 277 g/mol. The maximum Gasteiger partial charge on any atom is 0.253 e. The number of carbonyl (C=O) groups excluding carboxylic acids is 1. The number of hydrogen-bond donors (Lipinski definition) is 1. The summed E-state index contributed by atoms with van der Waals surface area (Å²) in [6, 6.07) is 5.92. The molecule has 0 atom stereocenters. The molecule has 1 saturated carbocycles. The van der Waals surface area contributed by atoms with Crippen molar-refractivity contribution in [3.63, 3.8) is 0 Å². The zero-order valence-electron chi connectivity index (χ0n) is 12.4. The van der Waals surface area contributed by atoms with E-state index in [0.29, 0.717) is 23.6 Å². The van der Waals surface area contributed by atoms with Gasteiger partial charge in [-0.3, -0.25) is 4.79 Å². The molecule has 1 amide bonds. The van der Waals surface area contributed by atoms with Gasteiger partial charge in [-0.1, -0.05) is 0 Å². The van der Waals surface area contributed by atoms with Crippen molar-refractivity contribution in [1.82, 2.24) is 9.80 Å². The molecule has 0 bridgehead atoms. The van der Waals surface area contributed by atoms with Crippen molar-refractivity contribution in [3.05, 3.63) is 23.8 Å². The van der Waals surface area contributed by atoms with Gasteiger partial charge in [-0.2, -0.15) is 0 Å². The number of nitrogens with zero attached hydrogens (tertiary/aromatic N) is 2. The first-order chi connectivity index (χ1) is 9.49. The number of carbonyl (C=O) groups is 1. The van der Waals surface area contributed by atoms with E-state index in [-0.39, 0.29) is 5.91 Å². The minimum atomic E-state index is -0.0586. The molecule has 0 aromatic heterocycles. The summed E-state index contributed by atoms with van der Waals surface area (Å²) in [5, 5.41) is 0. The summed E-state index contributed by atoms with van der Waals surface area (Å²) in [7, 11) is 5.55. The van der Waals surface area contributed by atoms with E-state index in [1.807, 2.05) is 0 Å². The normalized spacial score (nSPS) is 14.4. The van der Waals surface area contributed by atoms with Crippen molar-refractivity contribution in [3.8, 4) is 5.75 Å². The molecule has 0 aliphatic heterocycles. The summed E-state index contributed by atoms with van der Waals surface area (Å²) in [5.41, 5.74) is 7.02. The van der Waals surface area contributed by atoms with Crippen LogP contribution in [0.2, 0.25) is 0 Å². The minimum absolute atomic E-state index is 0.0586. The Bertz CT molecular complexity index is 484. The summed E-state index contributed by atoms with van der Waals surface area (Å²) in [6.45, 7) is 1.50. The lowest BCUT2D eigenvalue weighted by atomic mass is 10.1. The summed E-state index contributed by atoms with van der Waals surface area (Å²) in [4.78, 5) is 15.6. The lowest BCUT2D eigenvalue weighted by Gasteiger charge is -2.17. The fourth-order valence-electron chi connectivity index (χ4n) is 2.07. The maximum atomic E-state index is 11.8. The van der Waals surface area contributed by atoms with E-state index in [2.05, 4.69) is 11.9 Å². The van der Waals surface area contributed by atoms with E-state index in [1.54, 1.807) is 32.3 Å². The van der Waals surface area contributed by atoms with Crippen molar-refractivity contribution >= 4 is 11.6 Å². The molecule has 0 unspecified atom stereocenters. The summed E-state index contributed by atoms with van der Waals surface area (Å²) in [5.74, 6) is 0.584. The predicted octanol–water partition coefficient (Wildman–Crippen LogP) is 1.44. The lowest BCUT2D eigenvalue weighted by molar-refractivity contribution is 0.0827. The van der Waals surface area contributed by atoms with E-state index < -0.39 is 0 Å². The fourth-order valence-corrected chi connectivity index (χ4v) is 2.07. The average molecular weight is 277 g/mol. The Morgan fingerprint density at radius 2 is 2.05 bits per heavy atom. The van der Waals surface area contributed by atoms with Gasteiger partial charge in [0.05, 0.1) is 5.69 Å². The Hall–Kier alpha value is -1.75. The van der Waals surface area contributed by atoms with Gasteiger partial charge in [0.15, 0.2) is 0 Å². The molecule has 0 spiro atoms. The third kappa shape index (κ3) is 3.63. The molecule has 2 N–H and O–H groups in total. The molecular formula is C15H23N3O2. The van der Waals surface area contributed by atoms with Crippen molar-refractivity contribution in [1.29, 1.82) is 0 Å². The topological polar surface area (TPSA) is 58.8 Å². The molecular weight excluding hydrogens is 254 g/mol. The minimum Gasteiger partial charge on any atom is -0.490 e. The van der Waals surface area contributed by atoms with Crippen LogP contribution in [-0.4, -0.2) is 56.0 Å². The molecule has 20 heavy (non-hydrogen) atoms. The molecule has 0 saturated heterocycles. The van der Waals surface area contributed by atoms with Crippen LogP contribution in [-0.2, 0) is 0 Å². The van der Waals surface area contributed by atoms with E-state index in [4.69, 9.17) is 10.5 Å². The molecule has 5 heteroatoms. The van der Waals surface area contributed by atoms with Crippen molar-refractivity contribution in [2.24, 2.45) is 0 Å². The molecule has 1 aliphatic rings. The van der Waals surface area contributed by atoms with Crippen LogP contribution in [0, 0.1) is 0 Å². The number of hydrogen-bond acceptors (Lipinski definition) is 4. The number of likely N-dealkylation sites (N-methyl/N-ethyl adjacent to an activating group) is 1. The number of ether oxygens (including phenoxy) is 1. The lowest BCUT2D eigenvalue weighted by Crippen LogP contribution is -2.26. The van der Waals surface area contributed by atoms with E-state index in [0.717, 1.165) is 12.6 Å². The first-order valence-corrected chi connectivity index (χ1v) is 6.93. The zero-order valence-corrected chi connectivity index (χ0v) is 12.4. The van der Waals surface area contributed by atoms with Crippen LogP contribution in [0.15, 0.2) is 18.2 Å². The SMILES string of the molecule is CN(C)C(=O)c1ccc(OCCN(C)C2CC2)c(N)c1. The number of amides is 1. The van der Waals surface area contributed by atoms with Crippen molar-refractivity contribution in [2.75, 3.05) is 40.0 Å². The second-order valence-corrected chi connectivity index (χ2v) is 5.51. The van der Waals surface area contributed by atoms with E-state index in [1.165, 1.54) is 17.7 Å². The van der Waals surface area contributed by atoms with Gasteiger partial charge in [-0.05, 0) is 38.1 Å². The van der Waals surface area contributed by atoms with Gasteiger partial charge in [0, 0.05) is 32.2 Å². The molecule has 1 fully saturated rings. The first-order valence-electron chi connectivity index (χ1n) is 6.93. The van der Waals surface area contributed by atoms with Gasteiger partial charge in [0.1, 0.15) is 12.4 Å². The van der Waals surface area contributed by atoms with Gasteiger partial charge in [-0.15, -0.1) is 0 Å². The van der Waals surface area contributed by atoms with Gasteiger partial charge in [0.25, 0.3) is 5.91 Å². The Balaban J connectivity index is 1.90. The highest BCUT2D eigenvalue weighted by atomic mass is 16.5. The molecule has 1 aliphatic carbocycles. The predicted molar refractivity (Wildman–Crippen MR) is 80.0 cm³/mol.